The standard InChI is InChI=1S/C17H8F5N/c18-13-12(14(19)16(21)17(22)15(13)20)10-6-2-1-5-9(10)11-7-3-4-8-23-11/h1-8H. The maximum atomic E-state index is 14.0. The van der Waals surface area contributed by atoms with Gasteiger partial charge in [0.15, 0.2) is 23.3 Å². The minimum atomic E-state index is -2.18. The van der Waals surface area contributed by atoms with Gasteiger partial charge in [0.1, 0.15) is 0 Å². The first kappa shape index (κ1) is 15.1. The quantitative estimate of drug-likeness (QED) is 0.363. The molecule has 0 aliphatic rings. The Hall–Kier alpha value is -2.76. The summed E-state index contributed by atoms with van der Waals surface area (Å²) in [5.41, 5.74) is -0.481. The van der Waals surface area contributed by atoms with Gasteiger partial charge in [0.25, 0.3) is 0 Å². The molecule has 0 saturated heterocycles. The van der Waals surface area contributed by atoms with Crippen molar-refractivity contribution in [1.82, 2.24) is 4.98 Å². The fraction of sp³-hybridized carbons (Fsp3) is 0. The lowest BCUT2D eigenvalue weighted by Crippen LogP contribution is -2.04. The lowest BCUT2D eigenvalue weighted by molar-refractivity contribution is 0.381. The summed E-state index contributed by atoms with van der Waals surface area (Å²) in [6.45, 7) is 0. The molecule has 1 nitrogen and oxygen atoms in total. The average Bonchev–Trinajstić information content (AvgIpc) is 2.60. The lowest BCUT2D eigenvalue weighted by Gasteiger charge is -2.12. The Bertz CT molecular complexity index is 849. The number of benzene rings is 2. The van der Waals surface area contributed by atoms with Crippen LogP contribution in [-0.4, -0.2) is 4.98 Å². The van der Waals surface area contributed by atoms with Crippen LogP contribution >= 0.6 is 0 Å². The summed E-state index contributed by atoms with van der Waals surface area (Å²) in [7, 11) is 0. The molecule has 0 aliphatic carbocycles. The van der Waals surface area contributed by atoms with Crippen molar-refractivity contribution in [3.63, 3.8) is 0 Å². The minimum absolute atomic E-state index is 0.126. The SMILES string of the molecule is Fc1c(F)c(F)c(-c2ccccc2-c2ccccn2)c(F)c1F. The molecule has 0 radical (unpaired) electrons. The van der Waals surface area contributed by atoms with Gasteiger partial charge >= 0.3 is 0 Å². The normalized spacial score (nSPS) is 10.8. The molecule has 0 fully saturated rings. The van der Waals surface area contributed by atoms with Crippen LogP contribution in [0.4, 0.5) is 22.0 Å². The second-order valence-corrected chi connectivity index (χ2v) is 4.71. The van der Waals surface area contributed by atoms with Crippen molar-refractivity contribution in [2.24, 2.45) is 0 Å². The number of rotatable bonds is 2. The van der Waals surface area contributed by atoms with E-state index in [0.29, 0.717) is 5.69 Å². The van der Waals surface area contributed by atoms with Crippen molar-refractivity contribution in [2.75, 3.05) is 0 Å². The molecule has 1 heterocycles. The zero-order valence-electron chi connectivity index (χ0n) is 11.5. The van der Waals surface area contributed by atoms with Crippen molar-refractivity contribution in [1.29, 1.82) is 0 Å². The van der Waals surface area contributed by atoms with Crippen LogP contribution in [0.2, 0.25) is 0 Å². The summed E-state index contributed by atoms with van der Waals surface area (Å²) >= 11 is 0. The van der Waals surface area contributed by atoms with Crippen LogP contribution in [-0.2, 0) is 0 Å². The van der Waals surface area contributed by atoms with Crippen molar-refractivity contribution in [3.05, 3.63) is 77.7 Å². The fourth-order valence-corrected chi connectivity index (χ4v) is 2.29. The first-order chi connectivity index (χ1) is 11.0. The van der Waals surface area contributed by atoms with E-state index in [0.717, 1.165) is 0 Å². The highest BCUT2D eigenvalue weighted by Crippen LogP contribution is 2.36. The van der Waals surface area contributed by atoms with Crippen molar-refractivity contribution in [3.8, 4) is 22.4 Å². The minimum Gasteiger partial charge on any atom is -0.256 e. The Labute approximate surface area is 128 Å². The van der Waals surface area contributed by atoms with E-state index in [-0.39, 0.29) is 11.1 Å². The van der Waals surface area contributed by atoms with E-state index in [2.05, 4.69) is 4.98 Å². The second kappa shape index (κ2) is 5.79. The van der Waals surface area contributed by atoms with Gasteiger partial charge < -0.3 is 0 Å². The molecule has 116 valence electrons. The molecule has 0 amide bonds. The van der Waals surface area contributed by atoms with Gasteiger partial charge in [-0.3, -0.25) is 4.98 Å². The first-order valence-electron chi connectivity index (χ1n) is 6.54. The number of aromatic nitrogens is 1. The van der Waals surface area contributed by atoms with Crippen LogP contribution in [0.1, 0.15) is 0 Å². The molecule has 2 aromatic carbocycles. The second-order valence-electron chi connectivity index (χ2n) is 4.71. The summed E-state index contributed by atoms with van der Waals surface area (Å²) in [6.07, 6.45) is 1.46. The molecule has 3 rings (SSSR count). The van der Waals surface area contributed by atoms with Gasteiger partial charge in [-0.15, -0.1) is 0 Å². The van der Waals surface area contributed by atoms with Gasteiger partial charge in [0.05, 0.1) is 11.3 Å². The van der Waals surface area contributed by atoms with Crippen molar-refractivity contribution in [2.45, 2.75) is 0 Å². The lowest BCUT2D eigenvalue weighted by atomic mass is 9.96. The maximum Gasteiger partial charge on any atom is 0.200 e. The van der Waals surface area contributed by atoms with E-state index < -0.39 is 34.6 Å². The zero-order chi connectivity index (χ0) is 16.6. The monoisotopic (exact) mass is 321 g/mol. The number of halogens is 5. The molecule has 0 N–H and O–H groups in total. The summed E-state index contributed by atoms with van der Waals surface area (Å²) in [6, 6.07) is 10.7. The molecular formula is C17H8F5N. The third-order valence-electron chi connectivity index (χ3n) is 3.35. The molecule has 0 aliphatic heterocycles. The third-order valence-corrected chi connectivity index (χ3v) is 3.35. The number of hydrogen-bond donors (Lipinski definition) is 0. The molecule has 0 unspecified atom stereocenters. The molecule has 0 saturated carbocycles. The molecule has 6 heteroatoms. The predicted molar refractivity (Wildman–Crippen MR) is 74.9 cm³/mol. The van der Waals surface area contributed by atoms with Crippen LogP contribution in [0, 0.1) is 29.1 Å². The molecule has 0 spiro atoms. The zero-order valence-corrected chi connectivity index (χ0v) is 11.5. The van der Waals surface area contributed by atoms with E-state index >= 15 is 0 Å². The maximum absolute atomic E-state index is 14.0. The molecular weight excluding hydrogens is 313 g/mol. The summed E-state index contributed by atoms with van der Waals surface area (Å²) in [5, 5.41) is 0. The van der Waals surface area contributed by atoms with E-state index in [9.17, 15) is 22.0 Å². The predicted octanol–water partition coefficient (Wildman–Crippen LogP) is 5.11. The number of pyridine rings is 1. The smallest absolute Gasteiger partial charge is 0.200 e. The highest BCUT2D eigenvalue weighted by Gasteiger charge is 2.27. The van der Waals surface area contributed by atoms with E-state index in [1.165, 1.54) is 24.4 Å². The van der Waals surface area contributed by atoms with E-state index in [1.807, 2.05) is 0 Å². The van der Waals surface area contributed by atoms with Gasteiger partial charge in [0.2, 0.25) is 5.82 Å². The van der Waals surface area contributed by atoms with Gasteiger partial charge in [-0.2, -0.15) is 0 Å². The van der Waals surface area contributed by atoms with E-state index in [1.54, 1.807) is 24.3 Å². The topological polar surface area (TPSA) is 12.9 Å². The highest BCUT2D eigenvalue weighted by atomic mass is 19.2. The molecule has 3 aromatic rings. The van der Waals surface area contributed by atoms with Gasteiger partial charge in [-0.25, -0.2) is 22.0 Å². The number of hydrogen-bond acceptors (Lipinski definition) is 1. The Kier molecular flexibility index (Phi) is 3.82. The largest absolute Gasteiger partial charge is 0.256 e. The van der Waals surface area contributed by atoms with Crippen molar-refractivity contribution >= 4 is 0 Å². The Morgan fingerprint density at radius 3 is 1.65 bits per heavy atom. The Morgan fingerprint density at radius 1 is 0.565 bits per heavy atom. The Balaban J connectivity index is 2.34. The van der Waals surface area contributed by atoms with Crippen LogP contribution in [0.5, 0.6) is 0 Å². The molecule has 1 aromatic heterocycles. The molecule has 0 bridgehead atoms. The van der Waals surface area contributed by atoms with Gasteiger partial charge in [-0.05, 0) is 17.7 Å². The average molecular weight is 321 g/mol. The van der Waals surface area contributed by atoms with Crippen LogP contribution < -0.4 is 0 Å². The first-order valence-corrected chi connectivity index (χ1v) is 6.54. The van der Waals surface area contributed by atoms with Crippen LogP contribution in [0.25, 0.3) is 22.4 Å². The summed E-state index contributed by atoms with van der Waals surface area (Å²) in [5.74, 6) is -9.88. The Morgan fingerprint density at radius 2 is 1.09 bits per heavy atom. The summed E-state index contributed by atoms with van der Waals surface area (Å²) in [4.78, 5) is 4.05. The van der Waals surface area contributed by atoms with E-state index in [4.69, 9.17) is 0 Å². The van der Waals surface area contributed by atoms with Crippen LogP contribution in [0.3, 0.4) is 0 Å². The highest BCUT2D eigenvalue weighted by molar-refractivity contribution is 5.82. The molecule has 23 heavy (non-hydrogen) atoms. The van der Waals surface area contributed by atoms with Crippen molar-refractivity contribution < 1.29 is 22.0 Å². The number of nitrogens with zero attached hydrogens (tertiary/aromatic N) is 1. The van der Waals surface area contributed by atoms with Gasteiger partial charge in [0, 0.05) is 11.8 Å². The van der Waals surface area contributed by atoms with Gasteiger partial charge in [-0.1, -0.05) is 30.3 Å². The summed E-state index contributed by atoms with van der Waals surface area (Å²) < 4.78 is 68.2. The molecule has 0 atom stereocenters. The van der Waals surface area contributed by atoms with Crippen LogP contribution in [0.15, 0.2) is 48.7 Å². The third kappa shape index (κ3) is 2.46. The fourth-order valence-electron chi connectivity index (χ4n) is 2.29.